The average molecular weight is 1890 g/mol. The Morgan fingerprint density at radius 2 is 0.331 bits per heavy atom. The van der Waals surface area contributed by atoms with Crippen LogP contribution in [0.3, 0.4) is 0 Å². The van der Waals surface area contributed by atoms with E-state index in [1.165, 1.54) is 36.4 Å². The number of carbonyl (C=O) groups is 4. The van der Waals surface area contributed by atoms with Gasteiger partial charge in [0.1, 0.15) is 91.4 Å². The normalized spacial score (nSPS) is 13.0. The lowest BCUT2D eigenvalue weighted by atomic mass is 9.69. The highest BCUT2D eigenvalue weighted by Gasteiger charge is 2.55. The van der Waals surface area contributed by atoms with Gasteiger partial charge in [-0.3, -0.25) is 0 Å². The van der Waals surface area contributed by atoms with Crippen molar-refractivity contribution in [1.82, 2.24) is 0 Å². The molecule has 2 spiro atoms. The highest BCUT2D eigenvalue weighted by atomic mass is 16.8. The summed E-state index contributed by atoms with van der Waals surface area (Å²) >= 11 is 0. The number of fused-ring (bicyclic) bond motifs is 20. The topological polar surface area (TPSA) is 304 Å². The molecule has 0 saturated heterocycles. The van der Waals surface area contributed by atoms with Gasteiger partial charge in [0.05, 0.1) is 10.8 Å². The third-order valence-corrected chi connectivity index (χ3v) is 25.4. The molecule has 0 unspecified atom stereocenters. The van der Waals surface area contributed by atoms with Crippen molar-refractivity contribution in [3.63, 3.8) is 0 Å². The van der Waals surface area contributed by atoms with E-state index in [1.807, 2.05) is 60.7 Å². The minimum atomic E-state index is -1.04. The quantitative estimate of drug-likeness (QED) is 0.0320. The lowest BCUT2D eigenvalue weighted by Crippen LogP contribution is -2.26. The van der Waals surface area contributed by atoms with Crippen LogP contribution in [0.15, 0.2) is 291 Å². The Hall–Kier alpha value is -17.0. The summed E-state index contributed by atoms with van der Waals surface area (Å²) in [5, 5.41) is 84.2. The van der Waals surface area contributed by atoms with Crippen molar-refractivity contribution in [2.45, 2.75) is 144 Å². The van der Waals surface area contributed by atoms with Crippen molar-refractivity contribution in [3.8, 4) is 203 Å². The molecule has 4 aliphatic carbocycles. The van der Waals surface area contributed by atoms with Crippen LogP contribution >= 0.6 is 0 Å². The molecule has 20 rings (SSSR count). The molecule has 0 heterocycles. The Morgan fingerprint density at radius 3 is 0.486 bits per heavy atom. The monoisotopic (exact) mass is 1890 g/mol. The molecule has 4 aliphatic rings. The Morgan fingerprint density at radius 1 is 0.183 bits per heavy atom. The molecular weight excluding hydrogens is 1790 g/mol. The molecular formula is C122H104O20. The summed E-state index contributed by atoms with van der Waals surface area (Å²) in [6, 6.07) is 91.1. The molecule has 20 heteroatoms. The first-order valence-corrected chi connectivity index (χ1v) is 46.6. The summed E-state index contributed by atoms with van der Waals surface area (Å²) in [5.74, 6) is -0.377. The van der Waals surface area contributed by atoms with Crippen molar-refractivity contribution >= 4 is 24.6 Å². The van der Waals surface area contributed by atoms with E-state index in [9.17, 15) is 60.0 Å². The molecule has 0 amide bonds. The van der Waals surface area contributed by atoms with Gasteiger partial charge in [0.2, 0.25) is 0 Å². The van der Waals surface area contributed by atoms with Crippen LogP contribution in [0.25, 0.3) is 134 Å². The first-order chi connectivity index (χ1) is 67.2. The van der Waals surface area contributed by atoms with Crippen LogP contribution in [-0.4, -0.2) is 87.9 Å². The van der Waals surface area contributed by atoms with E-state index in [1.54, 1.807) is 156 Å². The summed E-state index contributed by atoms with van der Waals surface area (Å²) in [6.07, 6.45) is -3.74. The van der Waals surface area contributed by atoms with Crippen LogP contribution in [0, 0.1) is 27.7 Å². The van der Waals surface area contributed by atoms with Crippen LogP contribution in [0.5, 0.6) is 69.0 Å². The summed E-state index contributed by atoms with van der Waals surface area (Å²) in [4.78, 5) is 53.4. The molecule has 0 radical (unpaired) electrons. The minimum Gasteiger partial charge on any atom is -0.508 e. The number of hydrogen-bond donors (Lipinski definition) is 8. The molecule has 16 aromatic rings. The van der Waals surface area contributed by atoms with Crippen LogP contribution < -0.4 is 18.9 Å². The SMILES string of the molecule is Cc1cc(C)cc(-c2ccc3c(c2)C2(c4cc(-c5cc(C)cc(C)c5)ccc4-c4ccc(-c5cc(OC(=O)OC(C)(C)C)cc(OC(=O)OC(C)(C)C)c5)cc42)c2cc(-c4cc(OC(=O)OC(C)(C)C)cc(OC(=O)OC(C)(C)C)c4)ccc2-3)c1.Oc1cc(O)cc(-c2ccc3c(c2)C2(c4cc(-c5cc(O)cc(O)c5)ccc4-3)c3cc(-c4cc(O)cc(O)c4)ccc3-c3ccc(-c4cc(O)cc(O)c4)cc32)c1. The number of aryl methyl sites for hydroxylation is 4. The summed E-state index contributed by atoms with van der Waals surface area (Å²) in [7, 11) is 0. The zero-order chi connectivity index (χ0) is 101. The largest absolute Gasteiger partial charge is 0.514 e. The number of carbonyl (C=O) groups excluding carboxylic acids is 4. The summed E-state index contributed by atoms with van der Waals surface area (Å²) < 4.78 is 45.7. The molecule has 142 heavy (non-hydrogen) atoms. The van der Waals surface area contributed by atoms with Gasteiger partial charge >= 0.3 is 24.6 Å². The standard InChI is InChI=1S/C73H72O12.C49H32O8/c1-41-25-42(2)28-49(27-41)45-17-21-57-59-23-19-47(51-31-53(78-65(74)82-69(5,6)7)39-54(32-51)79-66(75)83-70(8,9)10)37-63(59)73(61(57)35-45)62-36-46(50-29-43(3)26-44(4)30-50)18-22-58(62)60-24-20-48(38-64(60)73)52-33-55(80-67(76)84-71(11,12)13)40-56(34-52)81-68(77)85-72(14,15)16;50-33-9-29(10-34(51)21-33)25-1-5-41-42-6-2-26(30-11-35(52)22-36(53)12-30)18-46(42)49(45(41)17-25)47-19-27(31-13-37(54)23-38(55)14-31)3-7-43(47)44-8-4-28(20-48(44)49)32-15-39(56)24-40(57)16-32/h17-40H,1-16H3;1-24,50-57H. The van der Waals surface area contributed by atoms with E-state index < -0.39 is 57.9 Å². The molecule has 0 atom stereocenters. The Kier molecular flexibility index (Phi) is 23.3. The lowest BCUT2D eigenvalue weighted by molar-refractivity contribution is 0.0178. The van der Waals surface area contributed by atoms with Crippen molar-refractivity contribution in [1.29, 1.82) is 0 Å². The van der Waals surface area contributed by atoms with Crippen LogP contribution in [0.1, 0.15) is 150 Å². The molecule has 0 bridgehead atoms. The zero-order valence-electron chi connectivity index (χ0n) is 81.2. The molecule has 8 N–H and O–H groups in total. The third-order valence-electron chi connectivity index (χ3n) is 25.4. The van der Waals surface area contributed by atoms with Crippen LogP contribution in [0.4, 0.5) is 19.2 Å². The van der Waals surface area contributed by atoms with Gasteiger partial charge in [-0.25, -0.2) is 19.2 Å². The molecule has 0 saturated carbocycles. The van der Waals surface area contributed by atoms with Crippen molar-refractivity contribution in [2.24, 2.45) is 0 Å². The number of ether oxygens (including phenoxy) is 8. The Balaban J connectivity index is 0.000000194. The highest BCUT2D eigenvalue weighted by Crippen LogP contribution is 2.67. The van der Waals surface area contributed by atoms with Crippen LogP contribution in [0.2, 0.25) is 0 Å². The maximum atomic E-state index is 13.3. The maximum absolute atomic E-state index is 13.3. The predicted molar refractivity (Wildman–Crippen MR) is 549 cm³/mol. The summed E-state index contributed by atoms with van der Waals surface area (Å²) in [6.45, 7) is 29.4. The van der Waals surface area contributed by atoms with Crippen molar-refractivity contribution < 1.29 is 97.9 Å². The highest BCUT2D eigenvalue weighted by molar-refractivity contribution is 6.02. The first-order valence-electron chi connectivity index (χ1n) is 46.6. The van der Waals surface area contributed by atoms with Gasteiger partial charge in [0, 0.05) is 36.4 Å². The fourth-order valence-corrected chi connectivity index (χ4v) is 20.4. The van der Waals surface area contributed by atoms with E-state index in [4.69, 9.17) is 37.9 Å². The van der Waals surface area contributed by atoms with Gasteiger partial charge in [-0.2, -0.15) is 0 Å². The Labute approximate surface area is 822 Å². The fraction of sp³-hybridized carbons (Fsp3) is 0.180. The number of phenolic OH excluding ortho intramolecular Hbond substituents is 8. The number of benzene rings is 16. The third kappa shape index (κ3) is 18.5. The van der Waals surface area contributed by atoms with E-state index in [0.717, 1.165) is 167 Å². The average Bonchev–Trinajstić information content (AvgIpc) is 1.51. The number of rotatable bonds is 12. The van der Waals surface area contributed by atoms with E-state index in [-0.39, 0.29) is 69.0 Å². The molecule has 712 valence electrons. The Bertz CT molecular complexity index is 7070. The molecule has 0 aromatic heterocycles. The molecule has 0 fully saturated rings. The van der Waals surface area contributed by atoms with Gasteiger partial charge in [-0.05, 0) is 410 Å². The second-order valence-corrected chi connectivity index (χ2v) is 40.9. The zero-order valence-corrected chi connectivity index (χ0v) is 81.2. The van der Waals surface area contributed by atoms with Crippen LogP contribution in [-0.2, 0) is 29.8 Å². The van der Waals surface area contributed by atoms with Crippen molar-refractivity contribution in [2.75, 3.05) is 0 Å². The summed E-state index contributed by atoms with van der Waals surface area (Å²) in [5.41, 5.74) is 26.5. The number of hydrogen-bond acceptors (Lipinski definition) is 20. The smallest absolute Gasteiger partial charge is 0.508 e. The van der Waals surface area contributed by atoms with Crippen molar-refractivity contribution in [3.05, 3.63) is 358 Å². The first kappa shape index (κ1) is 94.0. The second kappa shape index (κ2) is 35.2. The van der Waals surface area contributed by atoms with E-state index in [0.29, 0.717) is 33.4 Å². The maximum Gasteiger partial charge on any atom is 0.514 e. The second-order valence-electron chi connectivity index (χ2n) is 40.9. The van der Waals surface area contributed by atoms with Gasteiger partial charge in [0.25, 0.3) is 0 Å². The fourth-order valence-electron chi connectivity index (χ4n) is 20.4. The van der Waals surface area contributed by atoms with E-state index in [2.05, 4.69) is 149 Å². The predicted octanol–water partition coefficient (Wildman–Crippen LogP) is 29.5. The van der Waals surface area contributed by atoms with E-state index >= 15 is 0 Å². The molecule has 0 aliphatic heterocycles. The van der Waals surface area contributed by atoms with Gasteiger partial charge < -0.3 is 78.7 Å². The van der Waals surface area contributed by atoms with Gasteiger partial charge in [0.15, 0.2) is 0 Å². The lowest BCUT2D eigenvalue weighted by Gasteiger charge is -2.32. The number of phenols is 8. The van der Waals surface area contributed by atoms with Gasteiger partial charge in [-0.15, -0.1) is 0 Å². The molecule has 16 aromatic carbocycles. The van der Waals surface area contributed by atoms with Gasteiger partial charge in [-0.1, -0.05) is 156 Å². The minimum absolute atomic E-state index is 0.0779. The molecule has 20 nitrogen and oxygen atoms in total. The number of aromatic hydroxyl groups is 8.